The Balaban J connectivity index is 2.80. The molecule has 1 rings (SSSR count). The van der Waals surface area contributed by atoms with Gasteiger partial charge in [0.15, 0.2) is 0 Å². The molecular weight excluding hydrogens is 234 g/mol. The van der Waals surface area contributed by atoms with Gasteiger partial charge < -0.3 is 4.74 Å². The van der Waals surface area contributed by atoms with Crippen molar-refractivity contribution in [2.45, 2.75) is 53.1 Å². The van der Waals surface area contributed by atoms with Gasteiger partial charge >= 0.3 is 6.09 Å². The Bertz CT molecular complexity index is 369. The zero-order chi connectivity index (χ0) is 13.1. The summed E-state index contributed by atoms with van der Waals surface area (Å²) in [4.78, 5) is 12.9. The molecule has 0 aliphatic heterocycles. The minimum absolute atomic E-state index is 0.375. The number of carbonyl (C=O) groups is 1. The molecule has 0 spiro atoms. The van der Waals surface area contributed by atoms with E-state index in [1.165, 1.54) is 10.4 Å². The van der Waals surface area contributed by atoms with Crippen LogP contribution in [0.15, 0.2) is 5.38 Å². The van der Waals surface area contributed by atoms with E-state index >= 15 is 0 Å². The molecule has 96 valence electrons. The number of nitrogens with one attached hydrogen (secondary N) is 1. The highest BCUT2D eigenvalue weighted by Gasteiger charge is 2.18. The van der Waals surface area contributed by atoms with Crippen molar-refractivity contribution < 1.29 is 9.53 Å². The Hall–Kier alpha value is -1.03. The summed E-state index contributed by atoms with van der Waals surface area (Å²) in [7, 11) is 0. The molecule has 0 aliphatic rings. The molecule has 1 amide bonds. The van der Waals surface area contributed by atoms with Gasteiger partial charge in [0.2, 0.25) is 0 Å². The van der Waals surface area contributed by atoms with Gasteiger partial charge in [0.25, 0.3) is 0 Å². The lowest BCUT2D eigenvalue weighted by Gasteiger charge is -2.20. The third kappa shape index (κ3) is 4.04. The zero-order valence-corrected chi connectivity index (χ0v) is 12.0. The monoisotopic (exact) mass is 255 g/mol. The Labute approximate surface area is 107 Å². The van der Waals surface area contributed by atoms with Gasteiger partial charge in [-0.25, -0.2) is 4.79 Å². The molecule has 0 atom stereocenters. The maximum atomic E-state index is 11.7. The molecule has 0 saturated carbocycles. The van der Waals surface area contributed by atoms with Gasteiger partial charge in [0.1, 0.15) is 5.60 Å². The molecule has 0 bridgehead atoms. The van der Waals surface area contributed by atoms with Gasteiger partial charge in [-0.15, -0.1) is 11.3 Å². The van der Waals surface area contributed by atoms with E-state index in [0.717, 1.165) is 18.5 Å². The summed E-state index contributed by atoms with van der Waals surface area (Å²) >= 11 is 1.69. The van der Waals surface area contributed by atoms with Gasteiger partial charge in [0.05, 0.1) is 5.69 Å². The average molecular weight is 255 g/mol. The topological polar surface area (TPSA) is 38.3 Å². The van der Waals surface area contributed by atoms with Crippen LogP contribution in [0.2, 0.25) is 0 Å². The third-order valence-corrected chi connectivity index (χ3v) is 3.45. The highest BCUT2D eigenvalue weighted by molar-refractivity contribution is 7.10. The molecular formula is C13H21NO2S. The maximum absolute atomic E-state index is 11.7. The fraction of sp³-hybridized carbons (Fsp3) is 0.615. The Kier molecular flexibility index (Phi) is 4.57. The number of anilines is 1. The number of aryl methyl sites for hydroxylation is 2. The first-order chi connectivity index (χ1) is 7.87. The lowest BCUT2D eigenvalue weighted by atomic mass is 10.2. The smallest absolute Gasteiger partial charge is 0.412 e. The molecule has 1 aromatic heterocycles. The number of ether oxygens (including phenoxy) is 1. The van der Waals surface area contributed by atoms with Crippen LogP contribution in [0.1, 0.15) is 45.1 Å². The van der Waals surface area contributed by atoms with E-state index in [0.29, 0.717) is 0 Å². The van der Waals surface area contributed by atoms with E-state index in [4.69, 9.17) is 4.74 Å². The van der Waals surface area contributed by atoms with Crippen LogP contribution in [0, 0.1) is 0 Å². The summed E-state index contributed by atoms with van der Waals surface area (Å²) in [6, 6.07) is 0. The second kappa shape index (κ2) is 5.54. The van der Waals surface area contributed by atoms with Crippen molar-refractivity contribution in [2.75, 3.05) is 5.32 Å². The quantitative estimate of drug-likeness (QED) is 0.878. The van der Waals surface area contributed by atoms with E-state index in [-0.39, 0.29) is 6.09 Å². The molecule has 0 saturated heterocycles. The predicted molar refractivity (Wildman–Crippen MR) is 72.9 cm³/mol. The van der Waals surface area contributed by atoms with Gasteiger partial charge in [-0.2, -0.15) is 0 Å². The third-order valence-electron chi connectivity index (χ3n) is 2.27. The molecule has 0 unspecified atom stereocenters. The fourth-order valence-electron chi connectivity index (χ4n) is 1.52. The summed E-state index contributed by atoms with van der Waals surface area (Å²) in [5.74, 6) is 0. The van der Waals surface area contributed by atoms with Gasteiger partial charge in [0, 0.05) is 4.88 Å². The normalized spacial score (nSPS) is 11.4. The van der Waals surface area contributed by atoms with Crippen molar-refractivity contribution in [3.8, 4) is 0 Å². The standard InChI is InChI=1S/C13H21NO2S/c1-6-9-8-17-10(7-2)11(9)14-12(15)16-13(3,4)5/h8H,6-7H2,1-5H3,(H,14,15). The largest absolute Gasteiger partial charge is 0.444 e. The minimum Gasteiger partial charge on any atom is -0.444 e. The second-order valence-corrected chi connectivity index (χ2v) is 5.86. The molecule has 0 aromatic carbocycles. The predicted octanol–water partition coefficient (Wildman–Crippen LogP) is 4.22. The number of amides is 1. The van der Waals surface area contributed by atoms with E-state index in [9.17, 15) is 4.79 Å². The molecule has 3 nitrogen and oxygen atoms in total. The van der Waals surface area contributed by atoms with Crippen LogP contribution in [0.3, 0.4) is 0 Å². The van der Waals surface area contributed by atoms with Crippen molar-refractivity contribution in [2.24, 2.45) is 0 Å². The molecule has 1 heterocycles. The van der Waals surface area contributed by atoms with Crippen molar-refractivity contribution in [1.29, 1.82) is 0 Å². The van der Waals surface area contributed by atoms with Gasteiger partial charge in [-0.3, -0.25) is 5.32 Å². The van der Waals surface area contributed by atoms with Crippen molar-refractivity contribution in [1.82, 2.24) is 0 Å². The highest BCUT2D eigenvalue weighted by atomic mass is 32.1. The van der Waals surface area contributed by atoms with Crippen LogP contribution in [-0.4, -0.2) is 11.7 Å². The van der Waals surface area contributed by atoms with Crippen LogP contribution < -0.4 is 5.32 Å². The van der Waals surface area contributed by atoms with Crippen LogP contribution in [0.25, 0.3) is 0 Å². The molecule has 0 fully saturated rings. The Morgan fingerprint density at radius 3 is 2.47 bits per heavy atom. The number of thiophene rings is 1. The summed E-state index contributed by atoms with van der Waals surface area (Å²) in [6.07, 6.45) is 1.47. The number of rotatable bonds is 3. The van der Waals surface area contributed by atoms with E-state index < -0.39 is 5.60 Å². The molecule has 0 aliphatic carbocycles. The first-order valence-corrected chi connectivity index (χ1v) is 6.84. The lowest BCUT2D eigenvalue weighted by molar-refractivity contribution is 0.0635. The van der Waals surface area contributed by atoms with Crippen LogP contribution in [0.4, 0.5) is 10.5 Å². The van der Waals surface area contributed by atoms with Gasteiger partial charge in [-0.1, -0.05) is 13.8 Å². The van der Waals surface area contributed by atoms with Gasteiger partial charge in [-0.05, 0) is 44.6 Å². The number of hydrogen-bond donors (Lipinski definition) is 1. The highest BCUT2D eigenvalue weighted by Crippen LogP contribution is 2.29. The molecule has 17 heavy (non-hydrogen) atoms. The van der Waals surface area contributed by atoms with Crippen molar-refractivity contribution in [3.05, 3.63) is 15.8 Å². The molecule has 4 heteroatoms. The van der Waals surface area contributed by atoms with E-state index in [1.54, 1.807) is 11.3 Å². The van der Waals surface area contributed by atoms with E-state index in [2.05, 4.69) is 24.5 Å². The minimum atomic E-state index is -0.459. The first-order valence-electron chi connectivity index (χ1n) is 5.96. The summed E-state index contributed by atoms with van der Waals surface area (Å²) < 4.78 is 5.26. The summed E-state index contributed by atoms with van der Waals surface area (Å²) in [5.41, 5.74) is 1.66. The van der Waals surface area contributed by atoms with Crippen LogP contribution >= 0.6 is 11.3 Å². The second-order valence-electron chi connectivity index (χ2n) is 4.89. The van der Waals surface area contributed by atoms with Crippen molar-refractivity contribution in [3.63, 3.8) is 0 Å². The lowest BCUT2D eigenvalue weighted by Crippen LogP contribution is -2.27. The Morgan fingerprint density at radius 2 is 2.00 bits per heavy atom. The van der Waals surface area contributed by atoms with Crippen molar-refractivity contribution >= 4 is 23.1 Å². The molecule has 1 N–H and O–H groups in total. The SMILES string of the molecule is CCc1csc(CC)c1NC(=O)OC(C)(C)C. The van der Waals surface area contributed by atoms with Crippen LogP contribution in [-0.2, 0) is 17.6 Å². The number of hydrogen-bond acceptors (Lipinski definition) is 3. The zero-order valence-electron chi connectivity index (χ0n) is 11.2. The maximum Gasteiger partial charge on any atom is 0.412 e. The first kappa shape index (κ1) is 14.0. The summed E-state index contributed by atoms with van der Waals surface area (Å²) in [5, 5.41) is 4.97. The number of carbonyl (C=O) groups excluding carboxylic acids is 1. The van der Waals surface area contributed by atoms with E-state index in [1.807, 2.05) is 20.8 Å². The van der Waals surface area contributed by atoms with Crippen LogP contribution in [0.5, 0.6) is 0 Å². The molecule has 1 aromatic rings. The fourth-order valence-corrected chi connectivity index (χ4v) is 2.55. The molecule has 0 radical (unpaired) electrons. The average Bonchev–Trinajstić information content (AvgIpc) is 2.57. The summed E-state index contributed by atoms with van der Waals surface area (Å²) in [6.45, 7) is 9.76. The Morgan fingerprint density at radius 1 is 1.35 bits per heavy atom.